The minimum atomic E-state index is 0.829. The van der Waals surface area contributed by atoms with Gasteiger partial charge in [0.2, 0.25) is 0 Å². The van der Waals surface area contributed by atoms with Crippen molar-refractivity contribution in [2.24, 2.45) is 5.92 Å². The van der Waals surface area contributed by atoms with E-state index < -0.39 is 0 Å². The Morgan fingerprint density at radius 2 is 1.84 bits per heavy atom. The summed E-state index contributed by atoms with van der Waals surface area (Å²) in [5.74, 6) is 0.829. The summed E-state index contributed by atoms with van der Waals surface area (Å²) in [7, 11) is 0. The van der Waals surface area contributed by atoms with E-state index in [0.29, 0.717) is 0 Å². The zero-order valence-electron chi connectivity index (χ0n) is 10.9. The Hall–Kier alpha value is -1.26. The van der Waals surface area contributed by atoms with Gasteiger partial charge in [0.15, 0.2) is 0 Å². The SMILES string of the molecule is CC1CN(Cc2ccc(-c3ccc(Br)cc3)nn2)C1. The maximum absolute atomic E-state index is 4.32. The summed E-state index contributed by atoms with van der Waals surface area (Å²) in [5, 5.41) is 8.64. The monoisotopic (exact) mass is 317 g/mol. The molecule has 1 aromatic carbocycles. The smallest absolute Gasteiger partial charge is 0.0929 e. The van der Waals surface area contributed by atoms with E-state index in [9.17, 15) is 0 Å². The first-order valence-electron chi connectivity index (χ1n) is 6.51. The lowest BCUT2D eigenvalue weighted by atomic mass is 10.0. The van der Waals surface area contributed by atoms with Crippen molar-refractivity contribution in [3.63, 3.8) is 0 Å². The van der Waals surface area contributed by atoms with Crippen LogP contribution in [0.25, 0.3) is 11.3 Å². The predicted octanol–water partition coefficient (Wildman–Crippen LogP) is 3.36. The van der Waals surface area contributed by atoms with Crippen LogP contribution in [0.5, 0.6) is 0 Å². The summed E-state index contributed by atoms with van der Waals surface area (Å²) < 4.78 is 1.08. The summed E-state index contributed by atoms with van der Waals surface area (Å²) in [6.07, 6.45) is 0. The van der Waals surface area contributed by atoms with Crippen molar-refractivity contribution in [3.05, 3.63) is 46.6 Å². The van der Waals surface area contributed by atoms with Gasteiger partial charge in [-0.25, -0.2) is 0 Å². The third-order valence-corrected chi connectivity index (χ3v) is 3.91. The van der Waals surface area contributed by atoms with Crippen LogP contribution in [-0.4, -0.2) is 28.2 Å². The fourth-order valence-electron chi connectivity index (χ4n) is 2.41. The lowest BCUT2D eigenvalue weighted by Gasteiger charge is -2.36. The molecule has 0 bridgehead atoms. The third kappa shape index (κ3) is 3.01. The van der Waals surface area contributed by atoms with E-state index in [-0.39, 0.29) is 0 Å². The molecular weight excluding hydrogens is 302 g/mol. The van der Waals surface area contributed by atoms with Gasteiger partial charge >= 0.3 is 0 Å². The zero-order chi connectivity index (χ0) is 13.2. The highest BCUT2D eigenvalue weighted by Gasteiger charge is 2.22. The number of benzene rings is 1. The van der Waals surface area contributed by atoms with E-state index in [1.54, 1.807) is 0 Å². The number of nitrogens with zero attached hydrogens (tertiary/aromatic N) is 3. The molecule has 0 atom stereocenters. The number of hydrogen-bond donors (Lipinski definition) is 0. The maximum Gasteiger partial charge on any atom is 0.0929 e. The van der Waals surface area contributed by atoms with Crippen LogP contribution in [0.2, 0.25) is 0 Å². The quantitative estimate of drug-likeness (QED) is 0.869. The normalized spacial score (nSPS) is 16.3. The molecule has 1 fully saturated rings. The van der Waals surface area contributed by atoms with Crippen LogP contribution in [0, 0.1) is 5.92 Å². The Kier molecular flexibility index (Phi) is 3.62. The van der Waals surface area contributed by atoms with E-state index in [4.69, 9.17) is 0 Å². The van der Waals surface area contributed by atoms with Crippen molar-refractivity contribution in [1.29, 1.82) is 0 Å². The highest BCUT2D eigenvalue weighted by Crippen LogP contribution is 2.20. The highest BCUT2D eigenvalue weighted by molar-refractivity contribution is 9.10. The molecule has 4 heteroatoms. The molecule has 1 aliphatic heterocycles. The fourth-order valence-corrected chi connectivity index (χ4v) is 2.67. The molecule has 3 rings (SSSR count). The number of rotatable bonds is 3. The van der Waals surface area contributed by atoms with Gasteiger partial charge in [0.25, 0.3) is 0 Å². The Bertz CT molecular complexity index is 545. The Balaban J connectivity index is 1.70. The minimum absolute atomic E-state index is 0.829. The molecule has 1 aliphatic rings. The van der Waals surface area contributed by atoms with Crippen molar-refractivity contribution in [1.82, 2.24) is 15.1 Å². The molecule has 1 aromatic heterocycles. The van der Waals surface area contributed by atoms with E-state index in [2.05, 4.69) is 50.1 Å². The topological polar surface area (TPSA) is 29.0 Å². The lowest BCUT2D eigenvalue weighted by molar-refractivity contribution is 0.103. The van der Waals surface area contributed by atoms with Gasteiger partial charge < -0.3 is 0 Å². The average Bonchev–Trinajstić information content (AvgIpc) is 2.39. The Morgan fingerprint density at radius 3 is 2.42 bits per heavy atom. The second-order valence-corrected chi connectivity index (χ2v) is 6.13. The molecule has 0 aliphatic carbocycles. The van der Waals surface area contributed by atoms with Crippen LogP contribution < -0.4 is 0 Å². The summed E-state index contributed by atoms with van der Waals surface area (Å²) in [5.41, 5.74) is 3.07. The summed E-state index contributed by atoms with van der Waals surface area (Å²) in [4.78, 5) is 2.40. The van der Waals surface area contributed by atoms with Crippen LogP contribution in [-0.2, 0) is 6.54 Å². The largest absolute Gasteiger partial charge is 0.297 e. The predicted molar refractivity (Wildman–Crippen MR) is 79.6 cm³/mol. The molecule has 0 amide bonds. The molecule has 0 unspecified atom stereocenters. The molecule has 2 aromatic rings. The number of halogens is 1. The van der Waals surface area contributed by atoms with Crippen LogP contribution in [0.1, 0.15) is 12.6 Å². The van der Waals surface area contributed by atoms with Crippen molar-refractivity contribution in [2.75, 3.05) is 13.1 Å². The number of aromatic nitrogens is 2. The van der Waals surface area contributed by atoms with E-state index in [0.717, 1.165) is 33.9 Å². The van der Waals surface area contributed by atoms with Gasteiger partial charge in [-0.2, -0.15) is 10.2 Å². The Morgan fingerprint density at radius 1 is 1.11 bits per heavy atom. The van der Waals surface area contributed by atoms with E-state index in [1.807, 2.05) is 24.3 Å². The third-order valence-electron chi connectivity index (χ3n) is 3.39. The molecule has 0 radical (unpaired) electrons. The van der Waals surface area contributed by atoms with Gasteiger partial charge in [-0.1, -0.05) is 35.0 Å². The van der Waals surface area contributed by atoms with Gasteiger partial charge in [-0.3, -0.25) is 4.90 Å². The summed E-state index contributed by atoms with van der Waals surface area (Å²) >= 11 is 3.43. The molecule has 0 saturated carbocycles. The molecule has 19 heavy (non-hydrogen) atoms. The van der Waals surface area contributed by atoms with Gasteiger partial charge in [0.05, 0.1) is 11.4 Å². The van der Waals surface area contributed by atoms with Crippen LogP contribution >= 0.6 is 15.9 Å². The van der Waals surface area contributed by atoms with Gasteiger partial charge in [0.1, 0.15) is 0 Å². The fraction of sp³-hybridized carbons (Fsp3) is 0.333. The van der Waals surface area contributed by atoms with Crippen molar-refractivity contribution >= 4 is 15.9 Å². The van der Waals surface area contributed by atoms with Gasteiger partial charge in [-0.15, -0.1) is 0 Å². The molecule has 2 heterocycles. The summed E-state index contributed by atoms with van der Waals surface area (Å²) in [6.45, 7) is 5.54. The molecule has 1 saturated heterocycles. The number of hydrogen-bond acceptors (Lipinski definition) is 3. The van der Waals surface area contributed by atoms with Gasteiger partial charge in [0, 0.05) is 29.7 Å². The Labute approximate surface area is 121 Å². The van der Waals surface area contributed by atoms with E-state index >= 15 is 0 Å². The van der Waals surface area contributed by atoms with E-state index in [1.165, 1.54) is 13.1 Å². The van der Waals surface area contributed by atoms with Crippen molar-refractivity contribution in [2.45, 2.75) is 13.5 Å². The van der Waals surface area contributed by atoms with Crippen molar-refractivity contribution < 1.29 is 0 Å². The molecular formula is C15H16BrN3. The van der Waals surface area contributed by atoms with Crippen LogP contribution in [0.15, 0.2) is 40.9 Å². The van der Waals surface area contributed by atoms with Crippen molar-refractivity contribution in [3.8, 4) is 11.3 Å². The minimum Gasteiger partial charge on any atom is -0.297 e. The zero-order valence-corrected chi connectivity index (χ0v) is 12.5. The second kappa shape index (κ2) is 5.39. The average molecular weight is 318 g/mol. The second-order valence-electron chi connectivity index (χ2n) is 5.22. The molecule has 0 spiro atoms. The van der Waals surface area contributed by atoms with Gasteiger partial charge in [-0.05, 0) is 30.2 Å². The van der Waals surface area contributed by atoms with Crippen LogP contribution in [0.3, 0.4) is 0 Å². The highest BCUT2D eigenvalue weighted by atomic mass is 79.9. The molecule has 0 N–H and O–H groups in total. The first-order chi connectivity index (χ1) is 9.20. The molecule has 3 nitrogen and oxygen atoms in total. The maximum atomic E-state index is 4.32. The van der Waals surface area contributed by atoms with Crippen LogP contribution in [0.4, 0.5) is 0 Å². The first-order valence-corrected chi connectivity index (χ1v) is 7.31. The lowest BCUT2D eigenvalue weighted by Crippen LogP contribution is -2.44. The number of likely N-dealkylation sites (tertiary alicyclic amines) is 1. The first kappa shape index (κ1) is 12.8. The standard InChI is InChI=1S/C15H16BrN3/c1-11-8-19(9-11)10-14-6-7-15(18-17-14)12-2-4-13(16)5-3-12/h2-7,11H,8-10H2,1H3. The molecule has 98 valence electrons. The summed E-state index contributed by atoms with van der Waals surface area (Å²) in [6, 6.07) is 12.3.